The number of methoxy groups -OCH3 is 1. The fraction of sp³-hybridized carbons (Fsp3) is 0.385. The Morgan fingerprint density at radius 2 is 1.90 bits per heavy atom. The first-order valence-corrected chi connectivity index (χ1v) is 12.4. The standard InChI is InChI=1S/C26H26F4N8O/c1-39-21-6-17(27)16(5-18(21)28)19-2-13(9-37-12-36-23-24(31)34-11-35-25(23)37)20(8-33-19)38-10-26(32,7-22(29)30)14-3-15(38)4-14/h2,5-6,8,11-12,14-15,22H,3-4,7,9-10,32H2,1H3,(H2,31,34,35)/t14?,15?,26-/m0/s1. The lowest BCUT2D eigenvalue weighted by Crippen LogP contribution is -2.70. The Hall–Kier alpha value is -4.00. The normalized spacial score (nSPS) is 22.4. The molecule has 4 N–H and O–H groups in total. The van der Waals surface area contributed by atoms with E-state index in [1.807, 2.05) is 4.90 Å². The molecule has 204 valence electrons. The molecule has 1 aromatic carbocycles. The molecule has 2 saturated heterocycles. The van der Waals surface area contributed by atoms with Gasteiger partial charge in [0.05, 0.1) is 37.6 Å². The lowest BCUT2D eigenvalue weighted by Gasteiger charge is -2.59. The van der Waals surface area contributed by atoms with Crippen LogP contribution in [0.25, 0.3) is 22.4 Å². The molecule has 13 heteroatoms. The maximum absolute atomic E-state index is 15.0. The third-order valence-electron chi connectivity index (χ3n) is 7.93. The second-order valence-corrected chi connectivity index (χ2v) is 10.2. The van der Waals surface area contributed by atoms with Crippen molar-refractivity contribution in [2.75, 3.05) is 24.3 Å². The van der Waals surface area contributed by atoms with Crippen LogP contribution in [-0.2, 0) is 6.54 Å². The molecule has 0 amide bonds. The second kappa shape index (κ2) is 9.33. The number of piperidine rings is 2. The van der Waals surface area contributed by atoms with E-state index in [0.717, 1.165) is 12.1 Å². The summed E-state index contributed by atoms with van der Waals surface area (Å²) in [5.74, 6) is -1.41. The first kappa shape index (κ1) is 25.3. The number of hydrogen-bond acceptors (Lipinski definition) is 8. The van der Waals surface area contributed by atoms with Crippen LogP contribution in [0, 0.1) is 17.6 Å². The Labute approximate surface area is 220 Å². The quantitative estimate of drug-likeness (QED) is 0.339. The molecule has 0 spiro atoms. The molecule has 3 aromatic heterocycles. The van der Waals surface area contributed by atoms with Crippen LogP contribution in [-0.4, -0.2) is 56.2 Å². The van der Waals surface area contributed by atoms with Gasteiger partial charge in [0.15, 0.2) is 23.0 Å². The number of imidazole rings is 1. The third-order valence-corrected chi connectivity index (χ3v) is 7.93. The molecule has 1 saturated carbocycles. The molecule has 7 rings (SSSR count). The van der Waals surface area contributed by atoms with E-state index in [1.54, 1.807) is 23.2 Å². The van der Waals surface area contributed by atoms with Gasteiger partial charge in [0.25, 0.3) is 0 Å². The molecule has 3 aliphatic rings. The van der Waals surface area contributed by atoms with E-state index in [2.05, 4.69) is 19.9 Å². The topological polar surface area (TPSA) is 121 Å². The summed E-state index contributed by atoms with van der Waals surface area (Å²) in [5.41, 5.74) is 13.9. The smallest absolute Gasteiger partial charge is 0.240 e. The fourth-order valence-corrected chi connectivity index (χ4v) is 5.79. The van der Waals surface area contributed by atoms with Gasteiger partial charge in [-0.3, -0.25) is 4.98 Å². The van der Waals surface area contributed by atoms with Gasteiger partial charge in [-0.2, -0.15) is 0 Å². The number of nitrogen functional groups attached to an aromatic ring is 1. The number of nitrogens with two attached hydrogens (primary N) is 2. The maximum Gasteiger partial charge on any atom is 0.240 e. The zero-order valence-corrected chi connectivity index (χ0v) is 21.0. The van der Waals surface area contributed by atoms with Crippen molar-refractivity contribution in [3.05, 3.63) is 54.2 Å². The van der Waals surface area contributed by atoms with Crippen molar-refractivity contribution in [2.45, 2.75) is 43.8 Å². The van der Waals surface area contributed by atoms with Crippen LogP contribution >= 0.6 is 0 Å². The number of ether oxygens (including phenoxy) is 1. The molecule has 2 aliphatic heterocycles. The molecule has 1 aliphatic carbocycles. The maximum atomic E-state index is 15.0. The zero-order valence-electron chi connectivity index (χ0n) is 21.0. The number of fused-ring (bicyclic) bond motifs is 3. The van der Waals surface area contributed by atoms with Gasteiger partial charge in [0, 0.05) is 36.2 Å². The van der Waals surface area contributed by atoms with E-state index >= 15 is 0 Å². The molecular formula is C26H26F4N8O. The Kier molecular flexibility index (Phi) is 6.05. The highest BCUT2D eigenvalue weighted by atomic mass is 19.3. The van der Waals surface area contributed by atoms with Crippen molar-refractivity contribution in [3.8, 4) is 17.0 Å². The van der Waals surface area contributed by atoms with Crippen LogP contribution in [0.2, 0.25) is 0 Å². The van der Waals surface area contributed by atoms with Crippen LogP contribution in [0.4, 0.5) is 29.1 Å². The minimum atomic E-state index is -2.52. The SMILES string of the molecule is COc1cc(F)c(-c2cc(Cn3cnc4c(N)ncnc43)c(N3C[C@@](N)(CC(F)F)C4CC3C4)cn2)cc1F. The highest BCUT2D eigenvalue weighted by Crippen LogP contribution is 2.48. The molecule has 0 radical (unpaired) electrons. The fourth-order valence-electron chi connectivity index (χ4n) is 5.79. The van der Waals surface area contributed by atoms with Crippen molar-refractivity contribution in [3.63, 3.8) is 0 Å². The molecule has 9 nitrogen and oxygen atoms in total. The number of pyridine rings is 1. The summed E-state index contributed by atoms with van der Waals surface area (Å²) in [5, 5.41) is 0. The first-order chi connectivity index (χ1) is 18.7. The molecule has 3 fully saturated rings. The van der Waals surface area contributed by atoms with Crippen molar-refractivity contribution >= 4 is 22.7 Å². The Morgan fingerprint density at radius 1 is 1.10 bits per heavy atom. The number of hydrogen-bond donors (Lipinski definition) is 2. The average molecular weight is 543 g/mol. The van der Waals surface area contributed by atoms with Gasteiger partial charge in [0.2, 0.25) is 6.43 Å². The van der Waals surface area contributed by atoms with Gasteiger partial charge in [-0.15, -0.1) is 0 Å². The predicted octanol–water partition coefficient (Wildman–Crippen LogP) is 3.76. The van der Waals surface area contributed by atoms with E-state index in [-0.39, 0.29) is 47.9 Å². The van der Waals surface area contributed by atoms with E-state index in [4.69, 9.17) is 16.2 Å². The monoisotopic (exact) mass is 542 g/mol. The number of halogens is 4. The summed E-state index contributed by atoms with van der Waals surface area (Å²) in [7, 11) is 1.25. The number of benzene rings is 1. The number of nitrogens with zero attached hydrogens (tertiary/aromatic N) is 6. The minimum Gasteiger partial charge on any atom is -0.494 e. The summed E-state index contributed by atoms with van der Waals surface area (Å²) < 4.78 is 63.0. The summed E-state index contributed by atoms with van der Waals surface area (Å²) in [6.45, 7) is 0.448. The van der Waals surface area contributed by atoms with Crippen LogP contribution in [0.5, 0.6) is 5.75 Å². The third kappa shape index (κ3) is 4.30. The van der Waals surface area contributed by atoms with Gasteiger partial charge in [-0.05, 0) is 36.5 Å². The molecule has 39 heavy (non-hydrogen) atoms. The van der Waals surface area contributed by atoms with Gasteiger partial charge >= 0.3 is 0 Å². The van der Waals surface area contributed by atoms with Crippen molar-refractivity contribution < 1.29 is 22.3 Å². The van der Waals surface area contributed by atoms with Crippen molar-refractivity contribution in [1.29, 1.82) is 0 Å². The molecule has 1 atom stereocenters. The summed E-state index contributed by atoms with van der Waals surface area (Å²) >= 11 is 0. The lowest BCUT2D eigenvalue weighted by atomic mass is 9.62. The summed E-state index contributed by atoms with van der Waals surface area (Å²) in [6, 6.07) is 3.77. The average Bonchev–Trinajstić information content (AvgIpc) is 3.27. The number of aromatic nitrogens is 5. The summed E-state index contributed by atoms with van der Waals surface area (Å²) in [4.78, 5) is 19.1. The molecule has 0 unspecified atom stereocenters. The Morgan fingerprint density at radius 3 is 2.64 bits per heavy atom. The number of rotatable bonds is 7. The van der Waals surface area contributed by atoms with Crippen LogP contribution in [0.15, 0.2) is 37.1 Å². The van der Waals surface area contributed by atoms with Crippen LogP contribution in [0.1, 0.15) is 24.8 Å². The van der Waals surface area contributed by atoms with Crippen molar-refractivity contribution in [2.24, 2.45) is 11.7 Å². The first-order valence-electron chi connectivity index (χ1n) is 12.4. The Bertz CT molecular complexity index is 1560. The number of anilines is 2. The van der Waals surface area contributed by atoms with E-state index in [1.165, 1.54) is 13.4 Å². The predicted molar refractivity (Wildman–Crippen MR) is 136 cm³/mol. The van der Waals surface area contributed by atoms with Gasteiger partial charge < -0.3 is 25.7 Å². The minimum absolute atomic E-state index is 0.0251. The highest BCUT2D eigenvalue weighted by molar-refractivity contribution is 5.81. The lowest BCUT2D eigenvalue weighted by molar-refractivity contribution is 0.0267. The molecule has 4 aromatic rings. The van der Waals surface area contributed by atoms with E-state index < -0.39 is 30.0 Å². The van der Waals surface area contributed by atoms with Crippen molar-refractivity contribution in [1.82, 2.24) is 24.5 Å². The van der Waals surface area contributed by atoms with E-state index in [9.17, 15) is 17.6 Å². The van der Waals surface area contributed by atoms with Gasteiger partial charge in [-0.25, -0.2) is 32.5 Å². The highest BCUT2D eigenvalue weighted by Gasteiger charge is 2.53. The Balaban J connectivity index is 1.45. The van der Waals surface area contributed by atoms with Gasteiger partial charge in [0.1, 0.15) is 17.7 Å². The second-order valence-electron chi connectivity index (χ2n) is 10.2. The van der Waals surface area contributed by atoms with Crippen LogP contribution < -0.4 is 21.1 Å². The number of alkyl halides is 2. The summed E-state index contributed by atoms with van der Waals surface area (Å²) in [6.07, 6.45) is 2.92. The zero-order chi connectivity index (χ0) is 27.5. The largest absolute Gasteiger partial charge is 0.494 e. The molecule has 2 bridgehead atoms. The molecular weight excluding hydrogens is 516 g/mol. The molecule has 5 heterocycles. The van der Waals surface area contributed by atoms with Gasteiger partial charge in [-0.1, -0.05) is 0 Å². The van der Waals surface area contributed by atoms with Crippen LogP contribution in [0.3, 0.4) is 0 Å². The van der Waals surface area contributed by atoms with E-state index in [0.29, 0.717) is 35.3 Å².